The molecule has 1 rings (SSSR count). The minimum atomic E-state index is 0.00575. The number of aliphatic hydroxyl groups is 1. The van der Waals surface area contributed by atoms with Crippen LogP contribution >= 0.6 is 0 Å². The van der Waals surface area contributed by atoms with Gasteiger partial charge in [0.1, 0.15) is 11.5 Å². The molecule has 15 heavy (non-hydrogen) atoms. The summed E-state index contributed by atoms with van der Waals surface area (Å²) in [6.07, 6.45) is 4.96. The van der Waals surface area contributed by atoms with Crippen LogP contribution in [-0.2, 0) is 6.61 Å². The molecule has 0 amide bonds. The van der Waals surface area contributed by atoms with Gasteiger partial charge in [0.25, 0.3) is 0 Å². The number of hydrogen-bond donors (Lipinski definition) is 1. The van der Waals surface area contributed by atoms with E-state index in [0.717, 1.165) is 5.56 Å². The van der Waals surface area contributed by atoms with Gasteiger partial charge in [0.2, 0.25) is 0 Å². The van der Waals surface area contributed by atoms with Crippen molar-refractivity contribution in [3.05, 3.63) is 67.0 Å². The van der Waals surface area contributed by atoms with Crippen LogP contribution < -0.4 is 4.74 Å². The summed E-state index contributed by atoms with van der Waals surface area (Å²) in [4.78, 5) is 0. The molecule has 0 aromatic heterocycles. The molecule has 0 saturated heterocycles. The van der Waals surface area contributed by atoms with Crippen LogP contribution in [0.15, 0.2) is 61.4 Å². The maximum Gasteiger partial charge on any atom is 0.127 e. The predicted octanol–water partition coefficient (Wildman–Crippen LogP) is 2.81. The highest BCUT2D eigenvalue weighted by atomic mass is 16.5. The minimum absolute atomic E-state index is 0.00575. The van der Waals surface area contributed by atoms with Crippen molar-refractivity contribution in [2.45, 2.75) is 6.61 Å². The summed E-state index contributed by atoms with van der Waals surface area (Å²) in [5, 5.41) is 8.95. The highest BCUT2D eigenvalue weighted by Gasteiger charge is 1.97. The van der Waals surface area contributed by atoms with Gasteiger partial charge in [0.15, 0.2) is 0 Å². The molecule has 1 aromatic rings. The summed E-state index contributed by atoms with van der Waals surface area (Å²) in [7, 11) is 0. The van der Waals surface area contributed by atoms with Crippen molar-refractivity contribution in [3.63, 3.8) is 0 Å². The van der Waals surface area contributed by atoms with Crippen LogP contribution in [0, 0.1) is 0 Å². The van der Waals surface area contributed by atoms with Crippen molar-refractivity contribution >= 4 is 0 Å². The Morgan fingerprint density at radius 3 is 2.80 bits per heavy atom. The van der Waals surface area contributed by atoms with Crippen LogP contribution in [-0.4, -0.2) is 5.11 Å². The largest absolute Gasteiger partial charge is 0.457 e. The molecule has 0 heterocycles. The third-order valence-corrected chi connectivity index (χ3v) is 1.80. The lowest BCUT2D eigenvalue weighted by molar-refractivity contribution is 0.281. The van der Waals surface area contributed by atoms with Gasteiger partial charge < -0.3 is 9.84 Å². The summed E-state index contributed by atoms with van der Waals surface area (Å²) in [5.41, 5.74) is 0.814. The molecule has 0 saturated carbocycles. The Morgan fingerprint density at radius 1 is 1.40 bits per heavy atom. The molecular weight excluding hydrogens is 188 g/mol. The van der Waals surface area contributed by atoms with Gasteiger partial charge in [-0.05, 0) is 29.8 Å². The van der Waals surface area contributed by atoms with E-state index < -0.39 is 0 Å². The lowest BCUT2D eigenvalue weighted by Crippen LogP contribution is -1.92. The first-order valence-corrected chi connectivity index (χ1v) is 4.63. The normalized spacial score (nSPS) is 10.9. The van der Waals surface area contributed by atoms with Gasteiger partial charge in [-0.3, -0.25) is 0 Å². The van der Waals surface area contributed by atoms with Gasteiger partial charge in [0, 0.05) is 0 Å². The summed E-state index contributed by atoms with van der Waals surface area (Å²) in [5.74, 6) is 1.30. The topological polar surface area (TPSA) is 29.5 Å². The number of benzene rings is 1. The van der Waals surface area contributed by atoms with Gasteiger partial charge in [-0.15, -0.1) is 0 Å². The number of aliphatic hydroxyl groups excluding tert-OH is 1. The van der Waals surface area contributed by atoms with E-state index in [-0.39, 0.29) is 6.61 Å². The Kier molecular flexibility index (Phi) is 4.38. The Labute approximate surface area is 89.8 Å². The molecule has 0 unspecified atom stereocenters. The van der Waals surface area contributed by atoms with E-state index in [2.05, 4.69) is 13.2 Å². The second-order valence-electron chi connectivity index (χ2n) is 2.92. The summed E-state index contributed by atoms with van der Waals surface area (Å²) in [6.45, 7) is 7.21. The van der Waals surface area contributed by atoms with Crippen LogP contribution in [0.2, 0.25) is 0 Å². The number of hydrogen-bond acceptors (Lipinski definition) is 2. The standard InChI is InChI=1S/C13H14O2/c1-3-6-12(4-2)15-13-8-5-7-11(9-13)10-14/h3-9,14H,1-2,10H2/b12-6+. The molecule has 0 bridgehead atoms. The van der Waals surface area contributed by atoms with Crippen LogP contribution in [0.4, 0.5) is 0 Å². The van der Waals surface area contributed by atoms with Crippen LogP contribution in [0.3, 0.4) is 0 Å². The third-order valence-electron chi connectivity index (χ3n) is 1.80. The van der Waals surface area contributed by atoms with E-state index in [9.17, 15) is 0 Å². The lowest BCUT2D eigenvalue weighted by Gasteiger charge is -2.06. The second kappa shape index (κ2) is 5.83. The monoisotopic (exact) mass is 202 g/mol. The zero-order valence-corrected chi connectivity index (χ0v) is 8.52. The quantitative estimate of drug-likeness (QED) is 0.587. The SMILES string of the molecule is C=C/C=C(\C=C)Oc1cccc(CO)c1. The minimum Gasteiger partial charge on any atom is -0.457 e. The molecule has 0 radical (unpaired) electrons. The number of allylic oxidation sites excluding steroid dienone is 3. The Balaban J connectivity index is 2.83. The molecule has 2 heteroatoms. The third kappa shape index (κ3) is 3.44. The zero-order chi connectivity index (χ0) is 11.1. The van der Waals surface area contributed by atoms with Gasteiger partial charge >= 0.3 is 0 Å². The average molecular weight is 202 g/mol. The molecule has 78 valence electrons. The highest BCUT2D eigenvalue weighted by Crippen LogP contribution is 2.16. The Morgan fingerprint density at radius 2 is 2.20 bits per heavy atom. The maximum atomic E-state index is 8.95. The van der Waals surface area contributed by atoms with Gasteiger partial charge in [0.05, 0.1) is 6.61 Å². The maximum absolute atomic E-state index is 8.95. The summed E-state index contributed by atoms with van der Waals surface area (Å²) >= 11 is 0. The first-order chi connectivity index (χ1) is 7.30. The van der Waals surface area contributed by atoms with Gasteiger partial charge in [-0.1, -0.05) is 31.4 Å². The van der Waals surface area contributed by atoms with E-state index in [1.165, 1.54) is 0 Å². The van der Waals surface area contributed by atoms with E-state index in [4.69, 9.17) is 9.84 Å². The average Bonchev–Trinajstić information content (AvgIpc) is 2.29. The van der Waals surface area contributed by atoms with Crippen LogP contribution in [0.1, 0.15) is 5.56 Å². The fraction of sp³-hybridized carbons (Fsp3) is 0.0769. The van der Waals surface area contributed by atoms with Gasteiger partial charge in [-0.25, -0.2) is 0 Å². The molecule has 2 nitrogen and oxygen atoms in total. The van der Waals surface area contributed by atoms with Crippen molar-refractivity contribution in [2.24, 2.45) is 0 Å². The van der Waals surface area contributed by atoms with Crippen molar-refractivity contribution in [3.8, 4) is 5.75 Å². The number of rotatable bonds is 5. The van der Waals surface area contributed by atoms with E-state index in [1.54, 1.807) is 24.3 Å². The van der Waals surface area contributed by atoms with E-state index in [1.807, 2.05) is 18.2 Å². The van der Waals surface area contributed by atoms with Crippen molar-refractivity contribution in [1.82, 2.24) is 0 Å². The van der Waals surface area contributed by atoms with E-state index >= 15 is 0 Å². The van der Waals surface area contributed by atoms with Crippen LogP contribution in [0.5, 0.6) is 5.75 Å². The summed E-state index contributed by atoms with van der Waals surface area (Å²) in [6, 6.07) is 7.26. The molecule has 0 aliphatic heterocycles. The Bertz CT molecular complexity index is 378. The molecule has 0 aliphatic rings. The highest BCUT2D eigenvalue weighted by molar-refractivity contribution is 5.31. The fourth-order valence-electron chi connectivity index (χ4n) is 1.10. The van der Waals surface area contributed by atoms with Crippen molar-refractivity contribution in [1.29, 1.82) is 0 Å². The molecular formula is C13H14O2. The smallest absolute Gasteiger partial charge is 0.127 e. The molecule has 1 aromatic carbocycles. The zero-order valence-electron chi connectivity index (χ0n) is 8.52. The first-order valence-electron chi connectivity index (χ1n) is 4.63. The number of ether oxygens (including phenoxy) is 1. The molecule has 0 spiro atoms. The van der Waals surface area contributed by atoms with E-state index in [0.29, 0.717) is 11.5 Å². The Hall–Kier alpha value is -1.80. The summed E-state index contributed by atoms with van der Waals surface area (Å²) < 4.78 is 5.51. The van der Waals surface area contributed by atoms with Crippen molar-refractivity contribution < 1.29 is 9.84 Å². The fourth-order valence-corrected chi connectivity index (χ4v) is 1.10. The molecule has 0 fully saturated rings. The molecule has 0 atom stereocenters. The molecule has 0 aliphatic carbocycles. The first kappa shape index (κ1) is 11.3. The second-order valence-corrected chi connectivity index (χ2v) is 2.92. The van der Waals surface area contributed by atoms with Crippen molar-refractivity contribution in [2.75, 3.05) is 0 Å². The van der Waals surface area contributed by atoms with Gasteiger partial charge in [-0.2, -0.15) is 0 Å². The molecule has 1 N–H and O–H groups in total. The predicted molar refractivity (Wildman–Crippen MR) is 61.5 cm³/mol. The lowest BCUT2D eigenvalue weighted by atomic mass is 10.2. The van der Waals surface area contributed by atoms with Crippen LogP contribution in [0.25, 0.3) is 0 Å².